The second-order valence-electron chi connectivity index (χ2n) is 3.67. The first kappa shape index (κ1) is 12.7. The number of carboxylic acids is 1. The van der Waals surface area contributed by atoms with Crippen LogP contribution in [-0.4, -0.2) is 44.2 Å². The molecule has 8 nitrogen and oxygen atoms in total. The molecule has 1 amide bonds. The second-order valence-corrected chi connectivity index (χ2v) is 3.67. The summed E-state index contributed by atoms with van der Waals surface area (Å²) in [4.78, 5) is 24.1. The van der Waals surface area contributed by atoms with Gasteiger partial charge in [-0.3, -0.25) is 9.59 Å². The van der Waals surface area contributed by atoms with Crippen LogP contribution in [0.2, 0.25) is 0 Å². The summed E-state index contributed by atoms with van der Waals surface area (Å²) in [5.41, 5.74) is 0.582. The van der Waals surface area contributed by atoms with E-state index in [2.05, 4.69) is 20.6 Å². The van der Waals surface area contributed by atoms with Crippen LogP contribution >= 0.6 is 0 Å². The zero-order valence-electron chi connectivity index (χ0n) is 9.85. The quantitative estimate of drug-likeness (QED) is 0.801. The Morgan fingerprint density at radius 3 is 2.58 bits per heavy atom. The third kappa shape index (κ3) is 3.12. The number of aliphatic carboxylic acids is 1. The lowest BCUT2D eigenvalue weighted by Crippen LogP contribution is -2.33. The van der Waals surface area contributed by atoms with Crippen LogP contribution in [0.25, 0.3) is 0 Å². The van der Waals surface area contributed by atoms with Crippen LogP contribution in [0.5, 0.6) is 0 Å². The van der Waals surface area contributed by atoms with E-state index in [1.165, 1.54) is 4.90 Å². The van der Waals surface area contributed by atoms with E-state index < -0.39 is 11.9 Å². The molecule has 0 radical (unpaired) electrons. The number of hydrogen-bond donors (Lipinski definition) is 2. The molecule has 0 saturated carbocycles. The van der Waals surface area contributed by atoms with Gasteiger partial charge in [-0.05, 0) is 17.3 Å². The molecule has 0 fully saturated rings. The number of benzene rings is 1. The first-order valence-corrected chi connectivity index (χ1v) is 5.50. The number of anilines is 1. The van der Waals surface area contributed by atoms with Crippen LogP contribution in [0.1, 0.15) is 17.0 Å². The van der Waals surface area contributed by atoms with Crippen molar-refractivity contribution in [2.75, 3.05) is 11.4 Å². The fourth-order valence-corrected chi connectivity index (χ4v) is 1.54. The van der Waals surface area contributed by atoms with Gasteiger partial charge in [0.2, 0.25) is 0 Å². The van der Waals surface area contributed by atoms with Crippen molar-refractivity contribution in [1.29, 1.82) is 0 Å². The van der Waals surface area contributed by atoms with Gasteiger partial charge in [-0.2, -0.15) is 5.21 Å². The number of aromatic amines is 1. The Balaban J connectivity index is 2.24. The first-order valence-electron chi connectivity index (χ1n) is 5.50. The number of hydrogen-bond acceptors (Lipinski definition) is 5. The molecule has 8 heteroatoms. The first-order chi connectivity index (χ1) is 9.18. The highest BCUT2D eigenvalue weighted by molar-refractivity contribution is 6.03. The molecule has 1 aromatic carbocycles. The van der Waals surface area contributed by atoms with Crippen LogP contribution < -0.4 is 4.90 Å². The zero-order chi connectivity index (χ0) is 13.7. The molecule has 0 atom stereocenters. The van der Waals surface area contributed by atoms with Crippen LogP contribution in [0, 0.1) is 0 Å². The van der Waals surface area contributed by atoms with Gasteiger partial charge in [-0.1, -0.05) is 18.2 Å². The molecule has 0 aliphatic rings. The smallest absolute Gasteiger partial charge is 0.305 e. The average Bonchev–Trinajstić information content (AvgIpc) is 2.93. The highest BCUT2D eigenvalue weighted by atomic mass is 16.4. The number of nitrogens with one attached hydrogen (secondary N) is 1. The van der Waals surface area contributed by atoms with E-state index >= 15 is 0 Å². The van der Waals surface area contributed by atoms with Crippen molar-refractivity contribution in [3.05, 3.63) is 36.2 Å². The Morgan fingerprint density at radius 1 is 1.26 bits per heavy atom. The van der Waals surface area contributed by atoms with Gasteiger partial charge in [0, 0.05) is 12.2 Å². The van der Waals surface area contributed by atoms with E-state index in [9.17, 15) is 9.59 Å². The fraction of sp³-hybridized carbons (Fsp3) is 0.182. The summed E-state index contributed by atoms with van der Waals surface area (Å²) in [5.74, 6) is -1.59. The molecule has 0 spiro atoms. The summed E-state index contributed by atoms with van der Waals surface area (Å²) in [6.07, 6.45) is -0.168. The normalized spacial score (nSPS) is 10.1. The minimum atomic E-state index is -0.984. The van der Waals surface area contributed by atoms with E-state index in [1.807, 2.05) is 0 Å². The Bertz CT molecular complexity index is 555. The van der Waals surface area contributed by atoms with Crippen LogP contribution in [0.15, 0.2) is 30.3 Å². The lowest BCUT2D eigenvalue weighted by Gasteiger charge is -2.20. The van der Waals surface area contributed by atoms with Crippen molar-refractivity contribution in [2.24, 2.45) is 0 Å². The Hall–Kier alpha value is -2.77. The average molecular weight is 261 g/mol. The number of tetrazole rings is 1. The van der Waals surface area contributed by atoms with Gasteiger partial charge < -0.3 is 10.0 Å². The van der Waals surface area contributed by atoms with Gasteiger partial charge in [-0.15, -0.1) is 10.2 Å². The molecule has 19 heavy (non-hydrogen) atoms. The van der Waals surface area contributed by atoms with Crippen molar-refractivity contribution < 1.29 is 14.7 Å². The maximum absolute atomic E-state index is 12.2. The van der Waals surface area contributed by atoms with E-state index in [1.54, 1.807) is 30.3 Å². The van der Waals surface area contributed by atoms with Gasteiger partial charge >= 0.3 is 5.97 Å². The van der Waals surface area contributed by atoms with Crippen molar-refractivity contribution in [1.82, 2.24) is 20.6 Å². The monoisotopic (exact) mass is 261 g/mol. The highest BCUT2D eigenvalue weighted by Crippen LogP contribution is 2.15. The number of rotatable bonds is 5. The Labute approximate surface area is 108 Å². The maximum Gasteiger partial charge on any atom is 0.305 e. The predicted octanol–water partition coefficient (Wildman–Crippen LogP) is 0.321. The Kier molecular flexibility index (Phi) is 3.81. The topological polar surface area (TPSA) is 112 Å². The zero-order valence-corrected chi connectivity index (χ0v) is 9.85. The van der Waals surface area contributed by atoms with Gasteiger partial charge in [0.1, 0.15) is 0 Å². The molecule has 0 unspecified atom stereocenters. The van der Waals surface area contributed by atoms with E-state index in [0.717, 1.165) is 0 Å². The number of H-pyrrole nitrogens is 1. The van der Waals surface area contributed by atoms with Crippen molar-refractivity contribution in [3.8, 4) is 0 Å². The summed E-state index contributed by atoms with van der Waals surface area (Å²) in [7, 11) is 0. The predicted molar refractivity (Wildman–Crippen MR) is 64.5 cm³/mol. The maximum atomic E-state index is 12.2. The molecule has 2 rings (SSSR count). The lowest BCUT2D eigenvalue weighted by molar-refractivity contribution is -0.136. The fourth-order valence-electron chi connectivity index (χ4n) is 1.54. The largest absolute Gasteiger partial charge is 0.481 e. The van der Waals surface area contributed by atoms with Gasteiger partial charge in [-0.25, -0.2) is 0 Å². The number of amides is 1. The number of carboxylic acid groups (broad SMARTS) is 1. The number of carbonyl (C=O) groups excluding carboxylic acids is 1. The van der Waals surface area contributed by atoms with E-state index in [0.29, 0.717) is 5.69 Å². The number of para-hydroxylation sites is 1. The molecule has 1 heterocycles. The molecular formula is C11H11N5O3. The van der Waals surface area contributed by atoms with Crippen LogP contribution in [0.3, 0.4) is 0 Å². The summed E-state index contributed by atoms with van der Waals surface area (Å²) >= 11 is 0. The third-order valence-corrected chi connectivity index (χ3v) is 2.40. The summed E-state index contributed by atoms with van der Waals surface area (Å²) in [6.45, 7) is 0.0344. The Morgan fingerprint density at radius 2 is 2.00 bits per heavy atom. The minimum Gasteiger partial charge on any atom is -0.481 e. The molecule has 0 aliphatic heterocycles. The van der Waals surface area contributed by atoms with Crippen LogP contribution in [-0.2, 0) is 4.79 Å². The van der Waals surface area contributed by atoms with Crippen molar-refractivity contribution in [3.63, 3.8) is 0 Å². The number of aromatic nitrogens is 4. The van der Waals surface area contributed by atoms with Gasteiger partial charge in [0.25, 0.3) is 11.7 Å². The molecule has 1 aromatic heterocycles. The van der Waals surface area contributed by atoms with Gasteiger partial charge in [0.15, 0.2) is 0 Å². The van der Waals surface area contributed by atoms with Crippen LogP contribution in [0.4, 0.5) is 5.69 Å². The molecular weight excluding hydrogens is 250 g/mol. The number of carbonyl (C=O) groups is 2. The van der Waals surface area contributed by atoms with E-state index in [-0.39, 0.29) is 18.8 Å². The van der Waals surface area contributed by atoms with Crippen molar-refractivity contribution in [2.45, 2.75) is 6.42 Å². The summed E-state index contributed by atoms with van der Waals surface area (Å²) < 4.78 is 0. The molecule has 0 aliphatic carbocycles. The molecule has 2 N–H and O–H groups in total. The standard InChI is InChI=1S/C11H11N5O3/c17-9(18)6-7-16(8-4-2-1-3-5-8)11(19)10-12-14-15-13-10/h1-5H,6-7H2,(H,17,18)(H,12,13,14,15). The summed E-state index contributed by atoms with van der Waals surface area (Å²) in [6, 6.07) is 8.73. The van der Waals surface area contributed by atoms with Gasteiger partial charge in [0.05, 0.1) is 6.42 Å². The molecule has 0 bridgehead atoms. The second kappa shape index (κ2) is 5.71. The molecule has 0 saturated heterocycles. The van der Waals surface area contributed by atoms with E-state index in [4.69, 9.17) is 5.11 Å². The van der Waals surface area contributed by atoms with Crippen molar-refractivity contribution >= 4 is 17.6 Å². The minimum absolute atomic E-state index is 0.0344. The number of nitrogens with zero attached hydrogens (tertiary/aromatic N) is 4. The third-order valence-electron chi connectivity index (χ3n) is 2.40. The molecule has 98 valence electrons. The highest BCUT2D eigenvalue weighted by Gasteiger charge is 2.21. The SMILES string of the molecule is O=C(O)CCN(C(=O)c1nn[nH]n1)c1ccccc1. The molecule has 2 aromatic rings. The lowest BCUT2D eigenvalue weighted by atomic mass is 10.2. The summed E-state index contributed by atoms with van der Waals surface area (Å²) in [5, 5.41) is 21.4.